The lowest BCUT2D eigenvalue weighted by atomic mass is 10.2. The molecule has 0 aliphatic rings. The molecule has 2 aromatic carbocycles. The van der Waals surface area contributed by atoms with Crippen molar-refractivity contribution in [2.75, 3.05) is 0 Å². The number of aryl methyl sites for hydroxylation is 1. The highest BCUT2D eigenvalue weighted by molar-refractivity contribution is 5.97. The van der Waals surface area contributed by atoms with Crippen LogP contribution in [0.4, 0.5) is 10.1 Å². The number of carbonyl (C=O) groups excluding carboxylic acids is 1. The number of rotatable bonds is 3. The smallest absolute Gasteiger partial charge is 0.295 e. The molecular weight excluding hydrogens is 297 g/mol. The molecule has 0 fully saturated rings. The Labute approximate surface area is 131 Å². The van der Waals surface area contributed by atoms with Gasteiger partial charge in [-0.1, -0.05) is 18.2 Å². The van der Waals surface area contributed by atoms with Crippen LogP contribution in [0.25, 0.3) is 10.9 Å². The average Bonchev–Trinajstić information content (AvgIpc) is 2.84. The molecule has 1 amide bonds. The van der Waals surface area contributed by atoms with Gasteiger partial charge in [0.15, 0.2) is 5.69 Å². The molecule has 0 aliphatic heterocycles. The largest absolute Gasteiger partial charge is 0.493 e. The van der Waals surface area contributed by atoms with Gasteiger partial charge in [-0.2, -0.15) is 0 Å². The highest BCUT2D eigenvalue weighted by Gasteiger charge is 2.15. The molecule has 0 saturated heterocycles. The van der Waals surface area contributed by atoms with Gasteiger partial charge in [0.05, 0.1) is 5.52 Å². The number of aromatic nitrogens is 1. The molecule has 0 saturated carbocycles. The number of aromatic hydroxyl groups is 1. The molecule has 1 heterocycles. The molecule has 0 radical (unpaired) electrons. The van der Waals surface area contributed by atoms with Crippen molar-refractivity contribution in [2.45, 2.75) is 13.5 Å². The number of para-hydroxylation sites is 1. The maximum atomic E-state index is 12.9. The summed E-state index contributed by atoms with van der Waals surface area (Å²) in [5, 5.41) is 18.5. The van der Waals surface area contributed by atoms with Gasteiger partial charge >= 0.3 is 0 Å². The monoisotopic (exact) mass is 311 g/mol. The Morgan fingerprint density at radius 1 is 1.17 bits per heavy atom. The van der Waals surface area contributed by atoms with Gasteiger partial charge in [0, 0.05) is 17.5 Å². The van der Waals surface area contributed by atoms with Crippen molar-refractivity contribution in [1.82, 2.24) is 4.57 Å². The van der Waals surface area contributed by atoms with Crippen LogP contribution in [-0.4, -0.2) is 15.6 Å². The van der Waals surface area contributed by atoms with Crippen molar-refractivity contribution in [1.29, 1.82) is 0 Å². The molecule has 116 valence electrons. The fourth-order valence-electron chi connectivity index (χ4n) is 2.44. The third-order valence-electron chi connectivity index (χ3n) is 3.57. The number of azo groups is 1. The summed E-state index contributed by atoms with van der Waals surface area (Å²) >= 11 is 0. The lowest BCUT2D eigenvalue weighted by Crippen LogP contribution is -1.93. The predicted octanol–water partition coefficient (Wildman–Crippen LogP) is 4.43. The third kappa shape index (κ3) is 2.70. The van der Waals surface area contributed by atoms with E-state index in [-0.39, 0.29) is 17.1 Å². The van der Waals surface area contributed by atoms with Gasteiger partial charge < -0.3 is 9.67 Å². The number of carbonyl (C=O) groups is 1. The first-order chi connectivity index (χ1) is 11.1. The summed E-state index contributed by atoms with van der Waals surface area (Å²) in [7, 11) is 0. The van der Waals surface area contributed by atoms with E-state index in [1.807, 2.05) is 25.1 Å². The van der Waals surface area contributed by atoms with Crippen molar-refractivity contribution in [3.63, 3.8) is 0 Å². The number of hydrogen-bond acceptors (Lipinski definition) is 3. The molecule has 0 aliphatic carbocycles. The molecule has 6 heteroatoms. The fraction of sp³-hybridized carbons (Fsp3) is 0.118. The van der Waals surface area contributed by atoms with Gasteiger partial charge in [-0.05, 0) is 37.3 Å². The van der Waals surface area contributed by atoms with Crippen molar-refractivity contribution in [2.24, 2.45) is 10.2 Å². The van der Waals surface area contributed by atoms with Crippen molar-refractivity contribution in [3.05, 3.63) is 59.9 Å². The van der Waals surface area contributed by atoms with E-state index in [2.05, 4.69) is 10.2 Å². The van der Waals surface area contributed by atoms with Crippen LogP contribution in [0.2, 0.25) is 0 Å². The minimum Gasteiger partial charge on any atom is -0.493 e. The lowest BCUT2D eigenvalue weighted by molar-refractivity contribution is 0.0995. The van der Waals surface area contributed by atoms with E-state index in [9.17, 15) is 14.3 Å². The standard InChI is InChI=1S/C17H14FN3O2/c1-2-21-14-6-4-3-5-13(14)15(17(21)23)19-20-16(22)11-7-9-12(18)10-8-11/h3-10,23H,2H2,1H3. The zero-order valence-electron chi connectivity index (χ0n) is 12.4. The van der Waals surface area contributed by atoms with E-state index < -0.39 is 11.7 Å². The van der Waals surface area contributed by atoms with E-state index in [0.717, 1.165) is 5.52 Å². The first kappa shape index (κ1) is 14.9. The maximum absolute atomic E-state index is 12.9. The Morgan fingerprint density at radius 3 is 2.57 bits per heavy atom. The molecular formula is C17H14FN3O2. The summed E-state index contributed by atoms with van der Waals surface area (Å²) < 4.78 is 14.6. The predicted molar refractivity (Wildman–Crippen MR) is 84.5 cm³/mol. The molecule has 0 atom stereocenters. The number of nitrogens with zero attached hydrogens (tertiary/aromatic N) is 3. The van der Waals surface area contributed by atoms with E-state index in [1.165, 1.54) is 24.3 Å². The van der Waals surface area contributed by atoms with Gasteiger partial charge in [-0.3, -0.25) is 4.79 Å². The van der Waals surface area contributed by atoms with Crippen molar-refractivity contribution >= 4 is 22.5 Å². The van der Waals surface area contributed by atoms with E-state index in [1.54, 1.807) is 10.6 Å². The van der Waals surface area contributed by atoms with Crippen molar-refractivity contribution in [3.8, 4) is 5.88 Å². The number of benzene rings is 2. The molecule has 0 spiro atoms. The van der Waals surface area contributed by atoms with Gasteiger partial charge in [0.25, 0.3) is 5.91 Å². The minimum atomic E-state index is -0.599. The highest BCUT2D eigenvalue weighted by Crippen LogP contribution is 2.38. The maximum Gasteiger partial charge on any atom is 0.295 e. The normalized spacial score (nSPS) is 11.4. The Morgan fingerprint density at radius 2 is 1.87 bits per heavy atom. The van der Waals surface area contributed by atoms with Crippen LogP contribution < -0.4 is 0 Å². The summed E-state index contributed by atoms with van der Waals surface area (Å²) in [6.07, 6.45) is 0. The fourth-order valence-corrected chi connectivity index (χ4v) is 2.44. The zero-order valence-corrected chi connectivity index (χ0v) is 12.4. The summed E-state index contributed by atoms with van der Waals surface area (Å²) in [5.74, 6) is -1.07. The van der Waals surface area contributed by atoms with E-state index in [4.69, 9.17) is 0 Å². The van der Waals surface area contributed by atoms with Crippen LogP contribution in [0, 0.1) is 5.82 Å². The van der Waals surface area contributed by atoms with Crippen LogP contribution in [0.1, 0.15) is 17.3 Å². The topological polar surface area (TPSA) is 66.9 Å². The van der Waals surface area contributed by atoms with Crippen LogP contribution in [0.5, 0.6) is 5.88 Å². The quantitative estimate of drug-likeness (QED) is 0.727. The van der Waals surface area contributed by atoms with Crippen molar-refractivity contribution < 1.29 is 14.3 Å². The molecule has 23 heavy (non-hydrogen) atoms. The first-order valence-corrected chi connectivity index (χ1v) is 7.13. The summed E-state index contributed by atoms with van der Waals surface area (Å²) in [4.78, 5) is 12.0. The van der Waals surface area contributed by atoms with Crippen LogP contribution in [-0.2, 0) is 6.54 Å². The molecule has 5 nitrogen and oxygen atoms in total. The van der Waals surface area contributed by atoms with Gasteiger partial charge in [-0.15, -0.1) is 10.2 Å². The second kappa shape index (κ2) is 6.00. The second-order valence-corrected chi connectivity index (χ2v) is 4.95. The SMILES string of the molecule is CCn1c(O)c(N=NC(=O)c2ccc(F)cc2)c2ccccc21. The Hall–Kier alpha value is -3.02. The highest BCUT2D eigenvalue weighted by atomic mass is 19.1. The van der Waals surface area contributed by atoms with Gasteiger partial charge in [0.2, 0.25) is 5.88 Å². The molecule has 0 bridgehead atoms. The summed E-state index contributed by atoms with van der Waals surface area (Å²) in [5.41, 5.74) is 1.29. The zero-order chi connectivity index (χ0) is 16.4. The number of amides is 1. The second-order valence-electron chi connectivity index (χ2n) is 4.95. The molecule has 1 aromatic heterocycles. The number of halogens is 1. The van der Waals surface area contributed by atoms with E-state index >= 15 is 0 Å². The third-order valence-corrected chi connectivity index (χ3v) is 3.57. The Bertz CT molecular complexity index is 898. The van der Waals surface area contributed by atoms with Crippen LogP contribution >= 0.6 is 0 Å². The van der Waals surface area contributed by atoms with Gasteiger partial charge in [0.1, 0.15) is 5.82 Å². The van der Waals surface area contributed by atoms with E-state index in [0.29, 0.717) is 11.9 Å². The Balaban J connectivity index is 1.99. The Kier molecular flexibility index (Phi) is 3.89. The van der Waals surface area contributed by atoms with Crippen LogP contribution in [0.15, 0.2) is 58.8 Å². The number of hydrogen-bond donors (Lipinski definition) is 1. The molecule has 0 unspecified atom stereocenters. The molecule has 1 N–H and O–H groups in total. The number of fused-ring (bicyclic) bond motifs is 1. The van der Waals surface area contributed by atoms with Gasteiger partial charge in [-0.25, -0.2) is 4.39 Å². The summed E-state index contributed by atoms with van der Waals surface area (Å²) in [6, 6.07) is 12.4. The molecule has 3 aromatic rings. The summed E-state index contributed by atoms with van der Waals surface area (Å²) in [6.45, 7) is 2.46. The lowest BCUT2D eigenvalue weighted by Gasteiger charge is -2.00. The average molecular weight is 311 g/mol. The van der Waals surface area contributed by atoms with Crippen LogP contribution in [0.3, 0.4) is 0 Å². The first-order valence-electron chi connectivity index (χ1n) is 7.13. The minimum absolute atomic E-state index is 0.0376. The molecule has 3 rings (SSSR count).